The van der Waals surface area contributed by atoms with Crippen LogP contribution in [-0.2, 0) is 9.53 Å². The topological polar surface area (TPSA) is 57.1 Å². The molecule has 0 amide bonds. The number of halogens is 1. The number of hydrogen-bond donors (Lipinski definition) is 0. The third kappa shape index (κ3) is 3.89. The minimum absolute atomic E-state index is 0.00639. The second-order valence-electron chi connectivity index (χ2n) is 5.89. The number of rotatable bonds is 5. The van der Waals surface area contributed by atoms with Crippen LogP contribution in [0.3, 0.4) is 0 Å². The monoisotopic (exact) mass is 371 g/mol. The summed E-state index contributed by atoms with van der Waals surface area (Å²) in [7, 11) is 1.58. The Kier molecular flexibility index (Phi) is 5.28. The fourth-order valence-electron chi connectivity index (χ4n) is 2.45. The van der Waals surface area contributed by atoms with Crippen LogP contribution in [0.1, 0.15) is 25.0 Å². The first-order valence-electron chi connectivity index (χ1n) is 8.10. The number of hydrogen-bond acceptors (Lipinski definition) is 5. The van der Waals surface area contributed by atoms with Gasteiger partial charge < -0.3 is 14.2 Å². The van der Waals surface area contributed by atoms with E-state index in [9.17, 15) is 4.79 Å². The molecule has 5 nitrogen and oxygen atoms in total. The average Bonchev–Trinajstić information content (AvgIpc) is 2.95. The van der Waals surface area contributed by atoms with Crippen molar-refractivity contribution in [2.75, 3.05) is 7.11 Å². The molecule has 1 aliphatic rings. The van der Waals surface area contributed by atoms with Crippen molar-refractivity contribution in [2.45, 2.75) is 20.0 Å². The van der Waals surface area contributed by atoms with E-state index in [0.29, 0.717) is 22.1 Å². The Balaban J connectivity index is 1.94. The normalized spacial score (nSPS) is 15.2. The lowest BCUT2D eigenvalue weighted by Gasteiger charge is -2.13. The Morgan fingerprint density at radius 1 is 1.15 bits per heavy atom. The number of cyclic esters (lactones) is 1. The lowest BCUT2D eigenvalue weighted by atomic mass is 10.1. The van der Waals surface area contributed by atoms with Gasteiger partial charge in [0.2, 0.25) is 5.90 Å². The summed E-state index contributed by atoms with van der Waals surface area (Å²) in [4.78, 5) is 16.4. The summed E-state index contributed by atoms with van der Waals surface area (Å²) >= 11 is 6.14. The highest BCUT2D eigenvalue weighted by Gasteiger charge is 2.25. The van der Waals surface area contributed by atoms with Crippen LogP contribution in [0.15, 0.2) is 53.2 Å². The van der Waals surface area contributed by atoms with Crippen molar-refractivity contribution >= 4 is 29.5 Å². The third-order valence-corrected chi connectivity index (χ3v) is 3.91. The Bertz CT molecular complexity index is 902. The molecule has 0 radical (unpaired) electrons. The smallest absolute Gasteiger partial charge is 0.363 e. The maximum Gasteiger partial charge on any atom is 0.363 e. The minimum atomic E-state index is -0.526. The molecule has 1 aliphatic heterocycles. The summed E-state index contributed by atoms with van der Waals surface area (Å²) in [6.07, 6.45) is 1.63. The zero-order chi connectivity index (χ0) is 18.7. The van der Waals surface area contributed by atoms with Crippen molar-refractivity contribution in [3.8, 4) is 11.5 Å². The minimum Gasteiger partial charge on any atom is -0.493 e. The molecule has 0 atom stereocenters. The summed E-state index contributed by atoms with van der Waals surface area (Å²) < 4.78 is 16.3. The number of methoxy groups -OCH3 is 1. The van der Waals surface area contributed by atoms with Gasteiger partial charge in [-0.3, -0.25) is 0 Å². The molecule has 0 fully saturated rings. The van der Waals surface area contributed by atoms with E-state index in [-0.39, 0.29) is 17.7 Å². The average molecular weight is 372 g/mol. The lowest BCUT2D eigenvalue weighted by molar-refractivity contribution is -0.129. The molecule has 0 unspecified atom stereocenters. The molecule has 0 bridgehead atoms. The Morgan fingerprint density at radius 3 is 2.62 bits per heavy atom. The van der Waals surface area contributed by atoms with Crippen LogP contribution in [0.5, 0.6) is 11.5 Å². The van der Waals surface area contributed by atoms with Gasteiger partial charge in [0.15, 0.2) is 17.2 Å². The molecule has 0 N–H and O–H groups in total. The van der Waals surface area contributed by atoms with Crippen molar-refractivity contribution in [1.82, 2.24) is 0 Å². The van der Waals surface area contributed by atoms with Gasteiger partial charge in [0, 0.05) is 0 Å². The van der Waals surface area contributed by atoms with Gasteiger partial charge in [-0.2, -0.15) is 0 Å². The largest absolute Gasteiger partial charge is 0.493 e. The highest BCUT2D eigenvalue weighted by molar-refractivity contribution is 6.34. The van der Waals surface area contributed by atoms with Crippen LogP contribution < -0.4 is 9.47 Å². The molecule has 134 valence electrons. The SMILES string of the molecule is COc1ccc(C=C2N=C(c3ccccc3Cl)OC2=O)cc1OC(C)C. The van der Waals surface area contributed by atoms with E-state index in [1.165, 1.54) is 0 Å². The zero-order valence-electron chi connectivity index (χ0n) is 14.7. The van der Waals surface area contributed by atoms with Gasteiger partial charge in [-0.15, -0.1) is 0 Å². The maximum absolute atomic E-state index is 12.2. The summed E-state index contributed by atoms with van der Waals surface area (Å²) in [5.41, 5.74) is 1.52. The number of aliphatic imine (C=N–C) groups is 1. The first kappa shape index (κ1) is 18.0. The number of carbonyl (C=O) groups is 1. The van der Waals surface area contributed by atoms with Gasteiger partial charge in [-0.05, 0) is 49.8 Å². The van der Waals surface area contributed by atoms with Crippen LogP contribution >= 0.6 is 11.6 Å². The molecule has 0 spiro atoms. The standard InChI is InChI=1S/C20H18ClNO4/c1-12(2)25-18-11-13(8-9-17(18)24-3)10-16-20(23)26-19(22-16)14-6-4-5-7-15(14)21/h4-12H,1-3H3. The van der Waals surface area contributed by atoms with E-state index in [2.05, 4.69) is 4.99 Å². The van der Waals surface area contributed by atoms with Gasteiger partial charge >= 0.3 is 5.97 Å². The number of nitrogens with zero attached hydrogens (tertiary/aromatic N) is 1. The van der Waals surface area contributed by atoms with Gasteiger partial charge in [0.05, 0.1) is 23.8 Å². The molecular formula is C20H18ClNO4. The van der Waals surface area contributed by atoms with Crippen molar-refractivity contribution in [2.24, 2.45) is 4.99 Å². The number of benzene rings is 2. The van der Waals surface area contributed by atoms with Crippen molar-refractivity contribution in [1.29, 1.82) is 0 Å². The summed E-state index contributed by atoms with van der Waals surface area (Å²) in [5, 5.41) is 0.470. The zero-order valence-corrected chi connectivity index (χ0v) is 15.4. The van der Waals surface area contributed by atoms with Crippen LogP contribution in [0.25, 0.3) is 6.08 Å². The van der Waals surface area contributed by atoms with E-state index >= 15 is 0 Å². The molecule has 0 saturated carbocycles. The van der Waals surface area contributed by atoms with Gasteiger partial charge in [0.1, 0.15) is 0 Å². The first-order valence-corrected chi connectivity index (χ1v) is 8.48. The molecular weight excluding hydrogens is 354 g/mol. The van der Waals surface area contributed by atoms with Gasteiger partial charge in [-0.1, -0.05) is 29.8 Å². The number of esters is 1. The summed E-state index contributed by atoms with van der Waals surface area (Å²) in [6.45, 7) is 3.86. The quantitative estimate of drug-likeness (QED) is 0.574. The molecule has 6 heteroatoms. The van der Waals surface area contributed by atoms with Crippen LogP contribution in [0, 0.1) is 0 Å². The molecule has 2 aromatic rings. The van der Waals surface area contributed by atoms with Crippen LogP contribution in [0.4, 0.5) is 0 Å². The molecule has 0 saturated heterocycles. The Hall–Kier alpha value is -2.79. The Morgan fingerprint density at radius 2 is 1.92 bits per heavy atom. The molecule has 3 rings (SSSR count). The van der Waals surface area contributed by atoms with Gasteiger partial charge in [-0.25, -0.2) is 9.79 Å². The number of carbonyl (C=O) groups excluding carboxylic acids is 1. The van der Waals surface area contributed by atoms with Crippen LogP contribution in [-0.4, -0.2) is 25.1 Å². The third-order valence-electron chi connectivity index (χ3n) is 3.58. The fourth-order valence-corrected chi connectivity index (χ4v) is 2.66. The highest BCUT2D eigenvalue weighted by atomic mass is 35.5. The summed E-state index contributed by atoms with van der Waals surface area (Å²) in [5.74, 6) is 0.884. The predicted molar refractivity (Wildman–Crippen MR) is 101 cm³/mol. The van der Waals surface area contributed by atoms with E-state index in [0.717, 1.165) is 5.56 Å². The highest BCUT2D eigenvalue weighted by Crippen LogP contribution is 2.31. The van der Waals surface area contributed by atoms with E-state index in [1.807, 2.05) is 19.9 Å². The van der Waals surface area contributed by atoms with Gasteiger partial charge in [0.25, 0.3) is 0 Å². The molecule has 1 heterocycles. The second kappa shape index (κ2) is 7.62. The summed E-state index contributed by atoms with van der Waals surface area (Å²) in [6, 6.07) is 12.5. The molecule has 26 heavy (non-hydrogen) atoms. The van der Waals surface area contributed by atoms with Crippen molar-refractivity contribution in [3.05, 3.63) is 64.3 Å². The molecule has 0 aliphatic carbocycles. The van der Waals surface area contributed by atoms with Crippen molar-refractivity contribution < 1.29 is 19.0 Å². The van der Waals surface area contributed by atoms with Crippen molar-refractivity contribution in [3.63, 3.8) is 0 Å². The first-order chi connectivity index (χ1) is 12.5. The van der Waals surface area contributed by atoms with Crippen LogP contribution in [0.2, 0.25) is 5.02 Å². The number of ether oxygens (including phenoxy) is 3. The Labute approximate surface area is 156 Å². The maximum atomic E-state index is 12.2. The fraction of sp³-hybridized carbons (Fsp3) is 0.200. The lowest BCUT2D eigenvalue weighted by Crippen LogP contribution is -2.07. The molecule has 2 aromatic carbocycles. The molecule has 0 aromatic heterocycles. The second-order valence-corrected chi connectivity index (χ2v) is 6.30. The van der Waals surface area contributed by atoms with E-state index in [1.54, 1.807) is 49.6 Å². The van der Waals surface area contributed by atoms with E-state index < -0.39 is 5.97 Å². The van der Waals surface area contributed by atoms with E-state index in [4.69, 9.17) is 25.8 Å². The predicted octanol–water partition coefficient (Wildman–Crippen LogP) is 4.48.